The first-order valence-electron chi connectivity index (χ1n) is 8.64. The van der Waals surface area contributed by atoms with Crippen molar-refractivity contribution in [2.45, 2.75) is 20.8 Å². The molecule has 0 heterocycles. The van der Waals surface area contributed by atoms with E-state index in [1.807, 2.05) is 42.6 Å². The van der Waals surface area contributed by atoms with Gasteiger partial charge in [0.1, 0.15) is 12.4 Å². The summed E-state index contributed by atoms with van der Waals surface area (Å²) in [6, 6.07) is 11.6. The Balaban J connectivity index is 2.18. The highest BCUT2D eigenvalue weighted by Gasteiger charge is 2.11. The second-order valence-electron chi connectivity index (χ2n) is 6.18. The third-order valence-electron chi connectivity index (χ3n) is 4.21. The van der Waals surface area contributed by atoms with Crippen LogP contribution < -0.4 is 4.74 Å². The first-order valence-corrected chi connectivity index (χ1v) is 9.02. The Kier molecular flexibility index (Phi) is 7.22. The lowest BCUT2D eigenvalue weighted by molar-refractivity contribution is 0.377. The number of benzene rings is 2. The van der Waals surface area contributed by atoms with Crippen LogP contribution in [0.15, 0.2) is 46.4 Å². The smallest absolute Gasteiger partial charge is 0.130 e. The van der Waals surface area contributed by atoms with Gasteiger partial charge in [-0.05, 0) is 68.3 Å². The molecule has 0 aliphatic carbocycles. The lowest BCUT2D eigenvalue weighted by atomic mass is 10.00. The van der Waals surface area contributed by atoms with Gasteiger partial charge in [-0.25, -0.2) is 4.99 Å². The fourth-order valence-electron chi connectivity index (χ4n) is 2.44. The van der Waals surface area contributed by atoms with Crippen LogP contribution in [0.5, 0.6) is 5.75 Å². The average molecular weight is 372 g/mol. The third-order valence-corrected chi connectivity index (χ3v) is 4.46. The van der Waals surface area contributed by atoms with Crippen LogP contribution in [0.2, 0.25) is 5.02 Å². The molecule has 5 heteroatoms. The summed E-state index contributed by atoms with van der Waals surface area (Å²) >= 11 is 5.91. The molecule has 2 aromatic carbocycles. The highest BCUT2D eigenvalue weighted by molar-refractivity contribution is 6.30. The Bertz CT molecular complexity index is 798. The molecule has 0 bridgehead atoms. The molecule has 2 aromatic rings. The van der Waals surface area contributed by atoms with Crippen molar-refractivity contribution in [2.75, 3.05) is 27.2 Å². The minimum atomic E-state index is 0.402. The summed E-state index contributed by atoms with van der Waals surface area (Å²) in [7, 11) is 3.80. The van der Waals surface area contributed by atoms with E-state index in [0.29, 0.717) is 11.6 Å². The molecule has 0 N–H and O–H groups in total. The zero-order valence-electron chi connectivity index (χ0n) is 16.1. The highest BCUT2D eigenvalue weighted by atomic mass is 35.5. The van der Waals surface area contributed by atoms with Gasteiger partial charge in [0.2, 0.25) is 0 Å². The van der Waals surface area contributed by atoms with Crippen molar-refractivity contribution in [3.8, 4) is 5.75 Å². The summed E-state index contributed by atoms with van der Waals surface area (Å²) in [5.41, 5.74) is 5.20. The second-order valence-corrected chi connectivity index (χ2v) is 6.62. The van der Waals surface area contributed by atoms with Gasteiger partial charge in [0.15, 0.2) is 0 Å². The van der Waals surface area contributed by atoms with Crippen molar-refractivity contribution in [3.63, 3.8) is 0 Å². The number of nitrogens with zero attached hydrogens (tertiary/aromatic N) is 3. The van der Waals surface area contributed by atoms with Crippen molar-refractivity contribution in [1.29, 1.82) is 0 Å². The summed E-state index contributed by atoms with van der Waals surface area (Å²) in [5, 5.41) is 0.693. The summed E-state index contributed by atoms with van der Waals surface area (Å²) in [6.45, 7) is 7.56. The van der Waals surface area contributed by atoms with E-state index in [0.717, 1.165) is 40.4 Å². The van der Waals surface area contributed by atoms with Gasteiger partial charge in [-0.15, -0.1) is 0 Å². The maximum Gasteiger partial charge on any atom is 0.130 e. The van der Waals surface area contributed by atoms with Crippen LogP contribution in [-0.2, 0) is 0 Å². The van der Waals surface area contributed by atoms with Crippen molar-refractivity contribution in [2.24, 2.45) is 9.98 Å². The predicted octanol–water partition coefficient (Wildman–Crippen LogP) is 5.07. The van der Waals surface area contributed by atoms with Crippen LogP contribution in [0.3, 0.4) is 0 Å². The molecule has 0 radical (unpaired) electrons. The molecule has 0 saturated carbocycles. The summed E-state index contributed by atoms with van der Waals surface area (Å²) in [4.78, 5) is 11.1. The van der Waals surface area contributed by atoms with Gasteiger partial charge in [0.05, 0.1) is 17.7 Å². The van der Waals surface area contributed by atoms with E-state index < -0.39 is 0 Å². The normalized spacial score (nSPS) is 11.8. The van der Waals surface area contributed by atoms with Crippen LogP contribution in [0.25, 0.3) is 0 Å². The molecule has 4 nitrogen and oxygen atoms in total. The number of hydrogen-bond acceptors (Lipinski definition) is 3. The van der Waals surface area contributed by atoms with Crippen LogP contribution in [0.4, 0.5) is 5.69 Å². The summed E-state index contributed by atoms with van der Waals surface area (Å²) in [5.74, 6) is 0.772. The topological polar surface area (TPSA) is 37.2 Å². The molecule has 138 valence electrons. The van der Waals surface area contributed by atoms with Gasteiger partial charge >= 0.3 is 0 Å². The van der Waals surface area contributed by atoms with Crippen LogP contribution in [-0.4, -0.2) is 44.2 Å². The molecular formula is C21H26ClN3O. The molecule has 0 aliphatic heterocycles. The first kappa shape index (κ1) is 20.0. The van der Waals surface area contributed by atoms with E-state index in [9.17, 15) is 0 Å². The standard InChI is InChI=1S/C21H26ClN3O/c1-6-25(5)14-24-20-12-15(2)19(11-16(20)3)21(23-4)13-26-18-9-7-17(22)8-10-18/h7-12,14H,6,13H2,1-5H3/b23-21+,24-14-. The molecule has 0 fully saturated rings. The number of hydrogen-bond donors (Lipinski definition) is 0. The molecule has 26 heavy (non-hydrogen) atoms. The van der Waals surface area contributed by atoms with Crippen molar-refractivity contribution in [3.05, 3.63) is 58.1 Å². The molecule has 0 aromatic heterocycles. The number of aryl methyl sites for hydroxylation is 2. The fourth-order valence-corrected chi connectivity index (χ4v) is 2.56. The largest absolute Gasteiger partial charge is 0.487 e. The molecule has 0 unspecified atom stereocenters. The van der Waals surface area contributed by atoms with Crippen molar-refractivity contribution < 1.29 is 4.74 Å². The first-order chi connectivity index (χ1) is 12.4. The molecule has 0 amide bonds. The maximum atomic E-state index is 5.91. The predicted molar refractivity (Wildman–Crippen MR) is 112 cm³/mol. The Labute approximate surface area is 161 Å². The number of aliphatic imine (C=N–C) groups is 2. The van der Waals surface area contributed by atoms with E-state index in [1.54, 1.807) is 7.05 Å². The summed E-state index contributed by atoms with van der Waals surface area (Å²) in [6.07, 6.45) is 1.86. The van der Waals surface area contributed by atoms with E-state index in [-0.39, 0.29) is 0 Å². The quantitative estimate of drug-likeness (QED) is 0.503. The number of ether oxygens (including phenoxy) is 1. The molecule has 2 rings (SSSR count). The highest BCUT2D eigenvalue weighted by Crippen LogP contribution is 2.24. The second kappa shape index (κ2) is 9.39. The van der Waals surface area contributed by atoms with Crippen LogP contribution in [0.1, 0.15) is 23.6 Å². The Hall–Kier alpha value is -2.33. The van der Waals surface area contributed by atoms with E-state index in [2.05, 4.69) is 42.9 Å². The lowest BCUT2D eigenvalue weighted by Crippen LogP contribution is -2.15. The van der Waals surface area contributed by atoms with Crippen molar-refractivity contribution in [1.82, 2.24) is 4.90 Å². The summed E-state index contributed by atoms with van der Waals surface area (Å²) < 4.78 is 5.86. The molecule has 0 atom stereocenters. The lowest BCUT2D eigenvalue weighted by Gasteiger charge is -2.14. The molecule has 0 aliphatic rings. The molecular weight excluding hydrogens is 346 g/mol. The minimum absolute atomic E-state index is 0.402. The minimum Gasteiger partial charge on any atom is -0.487 e. The Morgan fingerprint density at radius 3 is 2.46 bits per heavy atom. The van der Waals surface area contributed by atoms with E-state index in [4.69, 9.17) is 16.3 Å². The monoisotopic (exact) mass is 371 g/mol. The third kappa shape index (κ3) is 5.33. The van der Waals surface area contributed by atoms with Gasteiger partial charge in [-0.3, -0.25) is 4.99 Å². The molecule has 0 spiro atoms. The zero-order valence-corrected chi connectivity index (χ0v) is 16.8. The Morgan fingerprint density at radius 1 is 1.15 bits per heavy atom. The van der Waals surface area contributed by atoms with Gasteiger partial charge < -0.3 is 9.64 Å². The van der Waals surface area contributed by atoms with Gasteiger partial charge in [-0.2, -0.15) is 0 Å². The van der Waals surface area contributed by atoms with Crippen LogP contribution >= 0.6 is 11.6 Å². The van der Waals surface area contributed by atoms with E-state index >= 15 is 0 Å². The van der Waals surface area contributed by atoms with Gasteiger partial charge in [0, 0.05) is 31.2 Å². The number of halogens is 1. The Morgan fingerprint density at radius 2 is 1.85 bits per heavy atom. The molecule has 0 saturated heterocycles. The van der Waals surface area contributed by atoms with Crippen LogP contribution in [0, 0.1) is 13.8 Å². The SMILES string of the molecule is CCN(C)/C=N\c1cc(C)c(/C(COc2ccc(Cl)cc2)=N/C)cc1C. The van der Waals surface area contributed by atoms with Crippen molar-refractivity contribution >= 4 is 29.3 Å². The maximum absolute atomic E-state index is 5.91. The van der Waals surface area contributed by atoms with Gasteiger partial charge in [-0.1, -0.05) is 11.6 Å². The zero-order chi connectivity index (χ0) is 19.1. The average Bonchev–Trinajstić information content (AvgIpc) is 2.64. The van der Waals surface area contributed by atoms with Gasteiger partial charge in [0.25, 0.3) is 0 Å². The number of rotatable bonds is 7. The fraction of sp³-hybridized carbons (Fsp3) is 0.333. The van der Waals surface area contributed by atoms with E-state index in [1.165, 1.54) is 0 Å².